The molecule has 0 aromatic carbocycles. The molecule has 20 heavy (non-hydrogen) atoms. The van der Waals surface area contributed by atoms with Crippen molar-refractivity contribution in [3.05, 3.63) is 27.7 Å². The summed E-state index contributed by atoms with van der Waals surface area (Å²) in [6, 6.07) is 1.63. The molecule has 6 nitrogen and oxygen atoms in total. The van der Waals surface area contributed by atoms with Gasteiger partial charge in [-0.3, -0.25) is 9.59 Å². The van der Waals surface area contributed by atoms with Crippen LogP contribution in [0.1, 0.15) is 35.6 Å². The molecule has 2 atom stereocenters. The van der Waals surface area contributed by atoms with Gasteiger partial charge in [-0.05, 0) is 19.8 Å². The minimum Gasteiger partial charge on any atom is -0.491 e. The number of hydrogen-bond acceptors (Lipinski definition) is 4. The van der Waals surface area contributed by atoms with Crippen molar-refractivity contribution in [1.29, 1.82) is 0 Å². The normalized spacial score (nSPS) is 23.9. The molecular weight excluding hydrogens is 260 g/mol. The van der Waals surface area contributed by atoms with Gasteiger partial charge in [0.05, 0.1) is 13.2 Å². The van der Waals surface area contributed by atoms with E-state index >= 15 is 0 Å². The number of aromatic nitrogens is 1. The molecule has 108 valence electrons. The van der Waals surface area contributed by atoms with Crippen LogP contribution in [0.15, 0.2) is 10.9 Å². The van der Waals surface area contributed by atoms with Gasteiger partial charge in [0.15, 0.2) is 17.7 Å². The third kappa shape index (κ3) is 1.54. The maximum Gasteiger partial charge on any atom is 0.276 e. The fraction of sp³-hybridized carbons (Fsp3) is 0.571. The quantitative estimate of drug-likeness (QED) is 0.820. The largest absolute Gasteiger partial charge is 0.491 e. The van der Waals surface area contributed by atoms with Gasteiger partial charge in [0.2, 0.25) is 5.43 Å². The highest BCUT2D eigenvalue weighted by atomic mass is 16.5. The number of carbonyl (C=O) groups excluding carboxylic acids is 1. The first-order valence-electron chi connectivity index (χ1n) is 6.80. The van der Waals surface area contributed by atoms with Crippen LogP contribution in [0.4, 0.5) is 0 Å². The average Bonchev–Trinajstić information content (AvgIpc) is 2.85. The summed E-state index contributed by atoms with van der Waals surface area (Å²) >= 11 is 0. The summed E-state index contributed by atoms with van der Waals surface area (Å²) in [4.78, 5) is 26.4. The van der Waals surface area contributed by atoms with Crippen LogP contribution in [0, 0.1) is 0 Å². The standard InChI is InChI=1S/C14H18N2O4/c1-4-15-13(18)11-12(19-2)10(17)7-8-5-6-9(16(8)11)14(15)20-3/h7,9,14H,4-6H2,1-3H3. The Morgan fingerprint density at radius 3 is 2.70 bits per heavy atom. The van der Waals surface area contributed by atoms with E-state index in [1.165, 1.54) is 7.11 Å². The van der Waals surface area contributed by atoms with Gasteiger partial charge in [0.1, 0.15) is 0 Å². The van der Waals surface area contributed by atoms with Crippen LogP contribution >= 0.6 is 0 Å². The lowest BCUT2D eigenvalue weighted by atomic mass is 10.1. The Morgan fingerprint density at radius 1 is 1.35 bits per heavy atom. The second-order valence-electron chi connectivity index (χ2n) is 5.08. The highest BCUT2D eigenvalue weighted by molar-refractivity contribution is 5.96. The van der Waals surface area contributed by atoms with Gasteiger partial charge in [0.25, 0.3) is 5.91 Å². The minimum absolute atomic E-state index is 0.0529. The average molecular weight is 278 g/mol. The summed E-state index contributed by atoms with van der Waals surface area (Å²) in [5.41, 5.74) is 1.03. The van der Waals surface area contributed by atoms with Crippen molar-refractivity contribution >= 4 is 5.91 Å². The lowest BCUT2D eigenvalue weighted by Gasteiger charge is -2.40. The summed E-state index contributed by atoms with van der Waals surface area (Å²) in [5, 5.41) is 0. The summed E-state index contributed by atoms with van der Waals surface area (Å²) in [6.07, 6.45) is 1.36. The first-order chi connectivity index (χ1) is 9.63. The Hall–Kier alpha value is -1.82. The summed E-state index contributed by atoms with van der Waals surface area (Å²) < 4.78 is 12.6. The van der Waals surface area contributed by atoms with Crippen molar-refractivity contribution in [3.8, 4) is 5.75 Å². The number of pyridine rings is 1. The molecule has 2 aliphatic rings. The Balaban J connectivity index is 2.29. The summed E-state index contributed by atoms with van der Waals surface area (Å²) in [6.45, 7) is 2.44. The van der Waals surface area contributed by atoms with E-state index in [1.807, 2.05) is 11.5 Å². The molecule has 0 bridgehead atoms. The van der Waals surface area contributed by atoms with Crippen molar-refractivity contribution in [2.24, 2.45) is 0 Å². The van der Waals surface area contributed by atoms with E-state index in [0.29, 0.717) is 12.2 Å². The molecule has 0 saturated carbocycles. The first-order valence-corrected chi connectivity index (χ1v) is 6.80. The third-order valence-electron chi connectivity index (χ3n) is 4.20. The van der Waals surface area contributed by atoms with Crippen LogP contribution in [-0.4, -0.2) is 42.4 Å². The van der Waals surface area contributed by atoms with Gasteiger partial charge >= 0.3 is 0 Å². The van der Waals surface area contributed by atoms with E-state index in [1.54, 1.807) is 18.1 Å². The van der Waals surface area contributed by atoms with Gasteiger partial charge in [-0.25, -0.2) is 0 Å². The van der Waals surface area contributed by atoms with Crippen molar-refractivity contribution in [1.82, 2.24) is 9.47 Å². The molecule has 1 aromatic heterocycles. The summed E-state index contributed by atoms with van der Waals surface area (Å²) in [7, 11) is 3.04. The number of carbonyl (C=O) groups is 1. The van der Waals surface area contributed by atoms with Crippen molar-refractivity contribution in [3.63, 3.8) is 0 Å². The molecule has 0 spiro atoms. The van der Waals surface area contributed by atoms with Crippen LogP contribution in [0.2, 0.25) is 0 Å². The molecule has 1 amide bonds. The van der Waals surface area contributed by atoms with Crippen molar-refractivity contribution in [2.45, 2.75) is 32.0 Å². The molecule has 3 rings (SSSR count). The monoisotopic (exact) mass is 278 g/mol. The zero-order chi connectivity index (χ0) is 14.4. The zero-order valence-electron chi connectivity index (χ0n) is 11.9. The third-order valence-corrected chi connectivity index (χ3v) is 4.20. The molecule has 6 heteroatoms. The number of ether oxygens (including phenoxy) is 2. The number of likely N-dealkylation sites (N-methyl/N-ethyl adjacent to an activating group) is 1. The molecule has 1 aromatic rings. The Morgan fingerprint density at radius 2 is 2.10 bits per heavy atom. The van der Waals surface area contributed by atoms with E-state index < -0.39 is 0 Å². The SMILES string of the molecule is CCN1C(=O)c2c(OC)c(=O)cc3n2C(CC3)C1OC. The smallest absolute Gasteiger partial charge is 0.276 e. The Labute approximate surface area is 116 Å². The van der Waals surface area contributed by atoms with E-state index in [9.17, 15) is 9.59 Å². The highest BCUT2D eigenvalue weighted by Gasteiger charge is 2.44. The predicted octanol–water partition coefficient (Wildman–Crippen LogP) is 0.792. The maximum absolute atomic E-state index is 12.7. The van der Waals surface area contributed by atoms with E-state index in [4.69, 9.17) is 9.47 Å². The van der Waals surface area contributed by atoms with Crippen molar-refractivity contribution < 1.29 is 14.3 Å². The van der Waals surface area contributed by atoms with Gasteiger partial charge in [-0.15, -0.1) is 0 Å². The summed E-state index contributed by atoms with van der Waals surface area (Å²) in [5.74, 6) is -0.0630. The zero-order valence-corrected chi connectivity index (χ0v) is 11.9. The van der Waals surface area contributed by atoms with Crippen LogP contribution in [-0.2, 0) is 11.2 Å². The number of rotatable bonds is 3. The second kappa shape index (κ2) is 4.63. The van der Waals surface area contributed by atoms with Crippen LogP contribution in [0.25, 0.3) is 0 Å². The number of amides is 1. The molecule has 0 N–H and O–H groups in total. The molecule has 2 aliphatic heterocycles. The number of aryl methyl sites for hydroxylation is 1. The fourth-order valence-corrected chi connectivity index (χ4v) is 3.39. The predicted molar refractivity (Wildman–Crippen MR) is 72.1 cm³/mol. The van der Waals surface area contributed by atoms with Crippen LogP contribution in [0.5, 0.6) is 5.75 Å². The molecule has 0 fully saturated rings. The lowest BCUT2D eigenvalue weighted by molar-refractivity contribution is -0.0572. The molecule has 0 radical (unpaired) electrons. The molecule has 2 unspecified atom stereocenters. The molecule has 0 aliphatic carbocycles. The first kappa shape index (κ1) is 13.2. The lowest BCUT2D eigenvalue weighted by Crippen LogP contribution is -2.51. The number of hydrogen-bond donors (Lipinski definition) is 0. The molecular formula is C14H18N2O4. The van der Waals surface area contributed by atoms with Crippen LogP contribution in [0.3, 0.4) is 0 Å². The van der Waals surface area contributed by atoms with Gasteiger partial charge < -0.3 is 18.9 Å². The van der Waals surface area contributed by atoms with Crippen LogP contribution < -0.4 is 10.2 Å². The molecule has 3 heterocycles. The topological polar surface area (TPSA) is 60.8 Å². The maximum atomic E-state index is 12.7. The highest BCUT2D eigenvalue weighted by Crippen LogP contribution is 2.39. The van der Waals surface area contributed by atoms with Gasteiger partial charge in [-0.2, -0.15) is 0 Å². The Bertz CT molecular complexity index is 622. The van der Waals surface area contributed by atoms with Gasteiger partial charge in [-0.1, -0.05) is 0 Å². The van der Waals surface area contributed by atoms with Crippen molar-refractivity contribution in [2.75, 3.05) is 20.8 Å². The fourth-order valence-electron chi connectivity index (χ4n) is 3.39. The minimum atomic E-state index is -0.284. The van der Waals surface area contributed by atoms with E-state index in [0.717, 1.165) is 18.5 Å². The van der Waals surface area contributed by atoms with Gasteiger partial charge in [0, 0.05) is 25.4 Å². The number of nitrogens with zero attached hydrogens (tertiary/aromatic N) is 2. The molecule has 0 saturated heterocycles. The van der Waals surface area contributed by atoms with E-state index in [2.05, 4.69) is 0 Å². The Kier molecular flexibility index (Phi) is 3.05. The second-order valence-corrected chi connectivity index (χ2v) is 5.08. The van der Waals surface area contributed by atoms with E-state index in [-0.39, 0.29) is 29.4 Å². The number of methoxy groups -OCH3 is 2.